The van der Waals surface area contributed by atoms with Crippen LogP contribution in [0.3, 0.4) is 0 Å². The summed E-state index contributed by atoms with van der Waals surface area (Å²) in [5.74, 6) is -3.52. The molecule has 3 heterocycles. The molecule has 20 heteroatoms. The first kappa shape index (κ1) is 68.2. The number of anilines is 2. The molecule has 0 aromatic heterocycles. The maximum atomic E-state index is 13.4. The van der Waals surface area contributed by atoms with E-state index in [9.17, 15) is 54.4 Å². The third-order valence-corrected chi connectivity index (χ3v) is 15.7. The van der Waals surface area contributed by atoms with Crippen LogP contribution in [0.5, 0.6) is 5.75 Å². The maximum Gasteiger partial charge on any atom is 0.311 e. The van der Waals surface area contributed by atoms with Gasteiger partial charge in [-0.05, 0) is 125 Å². The minimum atomic E-state index is -0.967. The molecule has 1 radical (unpaired) electrons. The zero-order valence-corrected chi connectivity index (χ0v) is 54.4. The van der Waals surface area contributed by atoms with Crippen LogP contribution in [0.2, 0.25) is 0 Å². The fraction of sp³-hybridized carbons (Fsp3) is 0.468. The van der Waals surface area contributed by atoms with Gasteiger partial charge in [-0.2, -0.15) is 0 Å². The first-order valence-corrected chi connectivity index (χ1v) is 27.1. The Balaban J connectivity index is 0.000000344. The molecule has 3 aromatic carbocycles. The van der Waals surface area contributed by atoms with Gasteiger partial charge >= 0.3 is 23.9 Å². The summed E-state index contributed by atoms with van der Waals surface area (Å²) >= 11 is 0. The zero-order valence-electron chi connectivity index (χ0n) is 48.9. The molecule has 1 spiro atoms. The predicted octanol–water partition coefficient (Wildman–Crippen LogP) is 11.8. The van der Waals surface area contributed by atoms with E-state index in [0.29, 0.717) is 37.2 Å². The molecule has 2 N–H and O–H groups in total. The van der Waals surface area contributed by atoms with E-state index in [1.807, 2.05) is 87.2 Å². The number of benzene rings is 3. The number of nitrogens with zero attached hydrogens (tertiary/aromatic N) is 4. The summed E-state index contributed by atoms with van der Waals surface area (Å²) in [6.07, 6.45) is 12.2. The van der Waals surface area contributed by atoms with Crippen LogP contribution in [0.15, 0.2) is 120 Å². The molecule has 0 amide bonds. The summed E-state index contributed by atoms with van der Waals surface area (Å²) in [6.45, 7) is 23.8. The minimum absolute atomic E-state index is 0. The zero-order chi connectivity index (χ0) is 59.3. The fourth-order valence-electron chi connectivity index (χ4n) is 12.0. The van der Waals surface area contributed by atoms with Gasteiger partial charge in [-0.25, -0.2) is 0 Å². The SMILES string of the molecule is CC(C)CC(C)(CC(C)C(=O)O)C(=O)OCCN1C(=CC=C2C=C([N+](=O)[O-])C=CC2=O)C(C)(C)c2ccccc21.CC(C)CC(C)(CC(C)C(=O)O)C(=O)OCCN1c2ccccc2C(C)(C)C12C=Cc1cc([N+](=O)[O-])ccc1O2.[U].[V]. The van der Waals surface area contributed by atoms with Gasteiger partial charge in [0.2, 0.25) is 5.72 Å². The second-order valence-corrected chi connectivity index (χ2v) is 23.9. The molecule has 0 saturated heterocycles. The summed E-state index contributed by atoms with van der Waals surface area (Å²) in [6, 6.07) is 20.4. The Kier molecular flexibility index (Phi) is 22.8. The number of ether oxygens (including phenoxy) is 3. The normalized spacial score (nSPS) is 20.1. The third-order valence-electron chi connectivity index (χ3n) is 15.7. The number of nitro benzene ring substituents is 1. The van der Waals surface area contributed by atoms with E-state index in [4.69, 9.17) is 14.2 Å². The molecule has 0 bridgehead atoms. The molecule has 4 aliphatic rings. The summed E-state index contributed by atoms with van der Waals surface area (Å²) in [7, 11) is 0. The van der Waals surface area contributed by atoms with Crippen molar-refractivity contribution in [2.45, 2.75) is 125 Å². The standard InChI is InChI=1S/2C31H38N2O7.U.V/c1-20(2)18-30(6,19-21(3)27(34)35)28(36)39-16-15-32-25-10-8-7-9-24(25)29(4,5)31(32)14-13-22-17-23(33(37)38)11-12-26(22)40-31;1-20(2)18-31(6,19-21(3)28(35)36)29(37)40-16-15-32-25-10-8-7-9-24(25)30(4,5)27(32)14-11-22-17-23(33(38)39)12-13-26(22)34;;/h7-14,17,20-21H,15-16,18-19H2,1-6H3,(H,34,35);7-14,17,20-21H,15-16,18-19H2,1-6H3,(H,35,36);;. The summed E-state index contributed by atoms with van der Waals surface area (Å²) in [5, 5.41) is 41.4. The van der Waals surface area contributed by atoms with Crippen molar-refractivity contribution in [2.24, 2.45) is 34.5 Å². The Labute approximate surface area is 516 Å². The van der Waals surface area contributed by atoms with E-state index in [-0.39, 0.29) is 110 Å². The van der Waals surface area contributed by atoms with Crippen molar-refractivity contribution in [1.29, 1.82) is 0 Å². The molecule has 5 atom stereocenters. The van der Waals surface area contributed by atoms with Crippen molar-refractivity contribution in [2.75, 3.05) is 36.1 Å². The summed E-state index contributed by atoms with van der Waals surface area (Å²) in [5.41, 5.74) is 1.70. The Morgan fingerprint density at radius 3 is 1.76 bits per heavy atom. The van der Waals surface area contributed by atoms with Gasteiger partial charge in [0.05, 0.1) is 51.0 Å². The van der Waals surface area contributed by atoms with Crippen LogP contribution in [0, 0.1) is 85.8 Å². The molecule has 7 rings (SSSR count). The Morgan fingerprint density at radius 1 is 0.707 bits per heavy atom. The number of carboxylic acid groups (broad SMARTS) is 2. The molecular formula is C62H76N4O14UV. The number of para-hydroxylation sites is 2. The van der Waals surface area contributed by atoms with Gasteiger partial charge in [0.1, 0.15) is 19.0 Å². The number of non-ortho nitro benzene ring substituents is 1. The first-order valence-electron chi connectivity index (χ1n) is 27.1. The molecule has 3 aromatic rings. The molecular weight excluding hydrogens is 1310 g/mol. The van der Waals surface area contributed by atoms with Crippen molar-refractivity contribution < 1.29 is 108 Å². The molecule has 0 fully saturated rings. The average Bonchev–Trinajstić information content (AvgIpc) is 3.75. The Morgan fingerprint density at radius 2 is 1.23 bits per heavy atom. The van der Waals surface area contributed by atoms with Gasteiger partial charge in [-0.1, -0.05) is 91.8 Å². The van der Waals surface area contributed by atoms with Crippen LogP contribution in [0.1, 0.15) is 125 Å². The van der Waals surface area contributed by atoms with E-state index in [1.165, 1.54) is 30.4 Å². The van der Waals surface area contributed by atoms with Crippen molar-refractivity contribution in [1.82, 2.24) is 0 Å². The van der Waals surface area contributed by atoms with Crippen LogP contribution in [0.25, 0.3) is 6.08 Å². The monoisotopic (exact) mass is 1390 g/mol. The van der Waals surface area contributed by atoms with Crippen molar-refractivity contribution >= 4 is 52.8 Å². The van der Waals surface area contributed by atoms with Gasteiger partial charge < -0.3 is 34.2 Å². The number of esters is 2. The van der Waals surface area contributed by atoms with Crippen molar-refractivity contribution in [3.63, 3.8) is 0 Å². The number of aliphatic carboxylic acids is 2. The number of ketones is 1. The van der Waals surface area contributed by atoms with E-state index in [1.54, 1.807) is 45.9 Å². The number of rotatable bonds is 21. The molecule has 0 saturated carbocycles. The van der Waals surface area contributed by atoms with E-state index in [2.05, 4.69) is 38.7 Å². The summed E-state index contributed by atoms with van der Waals surface area (Å²) < 4.78 is 18.3. The quantitative estimate of drug-likeness (QED) is 0.0436. The van der Waals surface area contributed by atoms with Crippen molar-refractivity contribution in [3.8, 4) is 5.75 Å². The number of hydrogen-bond acceptors (Lipinski definition) is 14. The van der Waals surface area contributed by atoms with E-state index in [0.717, 1.165) is 28.2 Å². The van der Waals surface area contributed by atoms with Crippen LogP contribution < -0.4 is 14.5 Å². The van der Waals surface area contributed by atoms with Crippen LogP contribution in [0.4, 0.5) is 17.1 Å². The second-order valence-electron chi connectivity index (χ2n) is 23.9. The largest absolute Gasteiger partial charge is 0.481 e. The smallest absolute Gasteiger partial charge is 0.311 e. The number of carbonyl (C=O) groups is 5. The van der Waals surface area contributed by atoms with E-state index >= 15 is 0 Å². The molecule has 1 aliphatic carbocycles. The van der Waals surface area contributed by atoms with Gasteiger partial charge in [0.15, 0.2) is 5.78 Å². The average molecular weight is 1390 g/mol. The summed E-state index contributed by atoms with van der Waals surface area (Å²) in [4.78, 5) is 87.8. The topological polar surface area (TPSA) is 246 Å². The van der Waals surface area contributed by atoms with Gasteiger partial charge in [0, 0.05) is 108 Å². The maximum absolute atomic E-state index is 13.4. The molecule has 18 nitrogen and oxygen atoms in total. The fourth-order valence-corrected chi connectivity index (χ4v) is 12.0. The van der Waals surface area contributed by atoms with Gasteiger partial charge in [0.25, 0.3) is 11.4 Å². The number of fused-ring (bicyclic) bond motifs is 3. The number of allylic oxidation sites excluding steroid dienone is 7. The predicted molar refractivity (Wildman–Crippen MR) is 304 cm³/mol. The Bertz CT molecular complexity index is 3090. The van der Waals surface area contributed by atoms with Crippen LogP contribution in [-0.2, 0) is 62.8 Å². The first-order chi connectivity index (χ1) is 37.4. The molecule has 5 unspecified atom stereocenters. The minimum Gasteiger partial charge on any atom is -0.481 e. The second kappa shape index (κ2) is 27.4. The van der Waals surface area contributed by atoms with Gasteiger partial charge in [-0.3, -0.25) is 44.2 Å². The van der Waals surface area contributed by atoms with Gasteiger partial charge in [-0.15, -0.1) is 0 Å². The van der Waals surface area contributed by atoms with Crippen molar-refractivity contribution in [3.05, 3.63) is 157 Å². The van der Waals surface area contributed by atoms with E-state index < -0.39 is 72.9 Å². The molecule has 437 valence electrons. The number of nitro groups is 2. The van der Waals surface area contributed by atoms with Crippen LogP contribution >= 0.6 is 0 Å². The molecule has 3 aliphatic heterocycles. The number of hydrogen-bond donors (Lipinski definition) is 2. The molecule has 82 heavy (non-hydrogen) atoms. The Hall–Kier alpha value is -6.25. The number of carbonyl (C=O) groups excluding carboxylic acids is 3. The van der Waals surface area contributed by atoms with Crippen LogP contribution in [-0.4, -0.2) is 81.7 Å². The number of carboxylic acids is 2. The third kappa shape index (κ3) is 14.7.